The first-order chi connectivity index (χ1) is 9.15. The van der Waals surface area contributed by atoms with Crippen molar-refractivity contribution in [3.63, 3.8) is 0 Å². The van der Waals surface area contributed by atoms with Crippen molar-refractivity contribution < 1.29 is 9.50 Å². The number of nitrogens with one attached hydrogen (secondary N) is 1. The number of halogens is 1. The lowest BCUT2D eigenvalue weighted by molar-refractivity contribution is 0.301. The maximum absolute atomic E-state index is 14.1. The highest BCUT2D eigenvalue weighted by Gasteiger charge is 2.18. The van der Waals surface area contributed by atoms with Crippen LogP contribution in [0.2, 0.25) is 0 Å². The van der Waals surface area contributed by atoms with Crippen LogP contribution in [0.5, 0.6) is 0 Å². The second kappa shape index (κ2) is 8.12. The molecular weight excluding hydrogens is 243 g/mol. The molecule has 0 radical (unpaired) electrons. The van der Waals surface area contributed by atoms with Gasteiger partial charge < -0.3 is 15.3 Å². The van der Waals surface area contributed by atoms with E-state index >= 15 is 0 Å². The molecule has 1 atom stereocenters. The molecule has 0 saturated carbocycles. The summed E-state index contributed by atoms with van der Waals surface area (Å²) >= 11 is 0. The normalized spacial score (nSPS) is 12.5. The molecule has 0 amide bonds. The molecule has 4 heteroatoms. The van der Waals surface area contributed by atoms with Gasteiger partial charge in [0.05, 0.1) is 6.61 Å². The molecule has 0 bridgehead atoms. The summed E-state index contributed by atoms with van der Waals surface area (Å²) in [5.41, 5.74) is 1.57. The second-order valence-electron chi connectivity index (χ2n) is 4.66. The Labute approximate surface area is 115 Å². The molecule has 0 saturated heterocycles. The number of aliphatic hydroxyl groups is 1. The molecule has 1 unspecified atom stereocenters. The number of anilines is 1. The van der Waals surface area contributed by atoms with Crippen LogP contribution in [0.1, 0.15) is 38.8 Å². The first-order valence-corrected chi connectivity index (χ1v) is 7.03. The molecule has 3 nitrogen and oxygen atoms in total. The first-order valence-electron chi connectivity index (χ1n) is 7.03. The van der Waals surface area contributed by atoms with E-state index in [1.165, 1.54) is 6.07 Å². The summed E-state index contributed by atoms with van der Waals surface area (Å²) in [6.07, 6.45) is 0.964. The zero-order valence-electron chi connectivity index (χ0n) is 12.1. The lowest BCUT2D eigenvalue weighted by atomic mass is 10.0. The van der Waals surface area contributed by atoms with Crippen molar-refractivity contribution in [1.82, 2.24) is 5.32 Å². The summed E-state index contributed by atoms with van der Waals surface area (Å²) in [5, 5.41) is 12.4. The van der Waals surface area contributed by atoms with Crippen molar-refractivity contribution in [2.24, 2.45) is 0 Å². The van der Waals surface area contributed by atoms with E-state index in [0.717, 1.165) is 25.2 Å². The fraction of sp³-hybridized carbons (Fsp3) is 0.600. The third-order valence-electron chi connectivity index (χ3n) is 3.18. The molecule has 1 aromatic carbocycles. The quantitative estimate of drug-likeness (QED) is 0.761. The van der Waals surface area contributed by atoms with Gasteiger partial charge in [0, 0.05) is 30.4 Å². The van der Waals surface area contributed by atoms with Crippen molar-refractivity contribution in [2.75, 3.05) is 31.1 Å². The van der Waals surface area contributed by atoms with Crippen molar-refractivity contribution in [3.05, 3.63) is 29.6 Å². The lowest BCUT2D eigenvalue weighted by Gasteiger charge is -2.28. The van der Waals surface area contributed by atoms with Crippen molar-refractivity contribution >= 4 is 5.69 Å². The maximum Gasteiger partial charge on any atom is 0.130 e. The van der Waals surface area contributed by atoms with Gasteiger partial charge in [-0.25, -0.2) is 4.39 Å². The van der Waals surface area contributed by atoms with E-state index in [0.29, 0.717) is 12.1 Å². The van der Waals surface area contributed by atoms with E-state index < -0.39 is 0 Å². The molecule has 19 heavy (non-hydrogen) atoms. The minimum Gasteiger partial charge on any atom is -0.395 e. The molecule has 0 aliphatic heterocycles. The molecular formula is C15H25FN2O. The maximum atomic E-state index is 14.1. The van der Waals surface area contributed by atoms with Crippen LogP contribution in [0.3, 0.4) is 0 Å². The molecule has 0 heterocycles. The average Bonchev–Trinajstić information content (AvgIpc) is 2.38. The molecule has 1 rings (SSSR count). The molecule has 2 N–H and O–H groups in total. The zero-order valence-corrected chi connectivity index (χ0v) is 12.1. The molecule has 0 fully saturated rings. The van der Waals surface area contributed by atoms with Gasteiger partial charge in [-0.1, -0.05) is 19.9 Å². The van der Waals surface area contributed by atoms with Crippen molar-refractivity contribution in [3.8, 4) is 0 Å². The van der Waals surface area contributed by atoms with Gasteiger partial charge in [-0.2, -0.15) is 0 Å². The van der Waals surface area contributed by atoms with Crippen molar-refractivity contribution in [2.45, 2.75) is 33.2 Å². The highest BCUT2D eigenvalue weighted by molar-refractivity contribution is 5.55. The van der Waals surface area contributed by atoms with Crippen LogP contribution in [0, 0.1) is 5.82 Å². The van der Waals surface area contributed by atoms with Gasteiger partial charge in [0.2, 0.25) is 0 Å². The second-order valence-corrected chi connectivity index (χ2v) is 4.66. The number of nitrogens with zero attached hydrogens (tertiary/aromatic N) is 1. The van der Waals surface area contributed by atoms with Gasteiger partial charge in [-0.15, -0.1) is 0 Å². The highest BCUT2D eigenvalue weighted by atomic mass is 19.1. The Balaban J connectivity index is 3.13. The van der Waals surface area contributed by atoms with E-state index in [2.05, 4.69) is 12.2 Å². The molecule has 1 aromatic rings. The van der Waals surface area contributed by atoms with Crippen molar-refractivity contribution in [1.29, 1.82) is 0 Å². The van der Waals surface area contributed by atoms with Gasteiger partial charge in [0.15, 0.2) is 0 Å². The summed E-state index contributed by atoms with van der Waals surface area (Å²) in [6.45, 7) is 8.27. The summed E-state index contributed by atoms with van der Waals surface area (Å²) in [6, 6.07) is 5.11. The topological polar surface area (TPSA) is 35.5 Å². The van der Waals surface area contributed by atoms with E-state index in [4.69, 9.17) is 0 Å². The summed E-state index contributed by atoms with van der Waals surface area (Å²) in [5.74, 6) is -0.190. The standard InChI is InChI=1S/C15H25FN2O/c1-4-9-18(10-11-19)14-8-6-7-13(16)15(14)12(3)17-5-2/h6-8,12,17,19H,4-5,9-11H2,1-3H3. The average molecular weight is 268 g/mol. The Morgan fingerprint density at radius 2 is 2.05 bits per heavy atom. The molecule has 108 valence electrons. The Bertz CT molecular complexity index is 378. The Hall–Kier alpha value is -1.13. The highest BCUT2D eigenvalue weighted by Crippen LogP contribution is 2.29. The fourth-order valence-electron chi connectivity index (χ4n) is 2.38. The number of rotatable bonds is 8. The monoisotopic (exact) mass is 268 g/mol. The number of hydrogen-bond acceptors (Lipinski definition) is 3. The fourth-order valence-corrected chi connectivity index (χ4v) is 2.38. The Morgan fingerprint density at radius 1 is 1.32 bits per heavy atom. The lowest BCUT2D eigenvalue weighted by Crippen LogP contribution is -2.30. The minimum absolute atomic E-state index is 0.0424. The largest absolute Gasteiger partial charge is 0.395 e. The summed E-state index contributed by atoms with van der Waals surface area (Å²) in [7, 11) is 0. The van der Waals surface area contributed by atoms with Crippen LogP contribution >= 0.6 is 0 Å². The molecule has 0 aliphatic rings. The van der Waals surface area contributed by atoms with Crippen LogP contribution < -0.4 is 10.2 Å². The Kier molecular flexibility index (Phi) is 6.81. The van der Waals surface area contributed by atoms with Gasteiger partial charge >= 0.3 is 0 Å². The van der Waals surface area contributed by atoms with Crippen LogP contribution in [0.15, 0.2) is 18.2 Å². The Morgan fingerprint density at radius 3 is 2.63 bits per heavy atom. The smallest absolute Gasteiger partial charge is 0.130 e. The predicted molar refractivity (Wildman–Crippen MR) is 78.1 cm³/mol. The first kappa shape index (κ1) is 15.9. The van der Waals surface area contributed by atoms with E-state index in [9.17, 15) is 9.50 Å². The minimum atomic E-state index is -0.190. The molecule has 0 aliphatic carbocycles. The van der Waals surface area contributed by atoms with Crippen LogP contribution in [-0.2, 0) is 0 Å². The zero-order chi connectivity index (χ0) is 14.3. The van der Waals surface area contributed by atoms with E-state index in [1.807, 2.05) is 24.8 Å². The van der Waals surface area contributed by atoms with Gasteiger partial charge in [0.25, 0.3) is 0 Å². The number of benzene rings is 1. The number of aliphatic hydroxyl groups excluding tert-OH is 1. The van der Waals surface area contributed by atoms with Gasteiger partial charge in [-0.05, 0) is 32.0 Å². The van der Waals surface area contributed by atoms with E-state index in [1.54, 1.807) is 6.07 Å². The third-order valence-corrected chi connectivity index (χ3v) is 3.18. The summed E-state index contributed by atoms with van der Waals surface area (Å²) < 4.78 is 14.1. The van der Waals surface area contributed by atoms with Gasteiger partial charge in [0.1, 0.15) is 5.82 Å². The molecule has 0 aromatic heterocycles. The molecule has 0 spiro atoms. The van der Waals surface area contributed by atoms with Crippen LogP contribution in [0.25, 0.3) is 0 Å². The van der Waals surface area contributed by atoms with E-state index in [-0.39, 0.29) is 18.5 Å². The summed E-state index contributed by atoms with van der Waals surface area (Å²) in [4.78, 5) is 2.05. The van der Waals surface area contributed by atoms with Crippen LogP contribution in [0.4, 0.5) is 10.1 Å². The predicted octanol–water partition coefficient (Wildman–Crippen LogP) is 2.70. The SMILES string of the molecule is CCCN(CCO)c1cccc(F)c1C(C)NCC. The van der Waals surface area contributed by atoms with Gasteiger partial charge in [-0.3, -0.25) is 0 Å². The number of hydrogen-bond donors (Lipinski definition) is 2. The third kappa shape index (κ3) is 4.18. The van der Waals surface area contributed by atoms with Crippen LogP contribution in [-0.4, -0.2) is 31.3 Å².